The van der Waals surface area contributed by atoms with Gasteiger partial charge >= 0.3 is 17.9 Å². The van der Waals surface area contributed by atoms with Crippen LogP contribution in [-0.2, 0) is 28.6 Å². The van der Waals surface area contributed by atoms with Crippen molar-refractivity contribution in [1.82, 2.24) is 0 Å². The maximum absolute atomic E-state index is 12.9. The van der Waals surface area contributed by atoms with Crippen LogP contribution in [0.4, 0.5) is 0 Å². The lowest BCUT2D eigenvalue weighted by Crippen LogP contribution is -2.30. The van der Waals surface area contributed by atoms with Crippen molar-refractivity contribution in [3.05, 3.63) is 134 Å². The van der Waals surface area contributed by atoms with Crippen LogP contribution in [0, 0.1) is 0 Å². The molecule has 0 amide bonds. The molecule has 0 saturated heterocycles. The van der Waals surface area contributed by atoms with E-state index in [0.29, 0.717) is 19.3 Å². The van der Waals surface area contributed by atoms with Crippen molar-refractivity contribution in [3.63, 3.8) is 0 Å². The van der Waals surface area contributed by atoms with Gasteiger partial charge in [0, 0.05) is 19.3 Å². The molecule has 0 fully saturated rings. The minimum absolute atomic E-state index is 0.0960. The third-order valence-corrected chi connectivity index (χ3v) is 13.7. The van der Waals surface area contributed by atoms with Gasteiger partial charge < -0.3 is 14.2 Å². The molecule has 0 spiro atoms. The number of carbonyl (C=O) groups excluding carboxylic acids is 3. The highest BCUT2D eigenvalue weighted by atomic mass is 16.6. The van der Waals surface area contributed by atoms with Crippen LogP contribution in [0.5, 0.6) is 0 Å². The monoisotopic (exact) mass is 1090 g/mol. The third kappa shape index (κ3) is 64.3. The summed E-state index contributed by atoms with van der Waals surface area (Å²) in [5, 5.41) is 0. The molecule has 0 aromatic rings. The Labute approximate surface area is 487 Å². The average molecular weight is 1090 g/mol. The van der Waals surface area contributed by atoms with E-state index >= 15 is 0 Å². The van der Waals surface area contributed by atoms with Crippen molar-refractivity contribution in [2.24, 2.45) is 0 Å². The lowest BCUT2D eigenvalue weighted by molar-refractivity contribution is -0.167. The van der Waals surface area contributed by atoms with E-state index in [9.17, 15) is 14.4 Å². The van der Waals surface area contributed by atoms with Crippen LogP contribution in [-0.4, -0.2) is 37.2 Å². The van der Waals surface area contributed by atoms with Crippen LogP contribution in [0.25, 0.3) is 0 Å². The van der Waals surface area contributed by atoms with E-state index in [0.717, 1.165) is 161 Å². The van der Waals surface area contributed by atoms with Gasteiger partial charge in [0.15, 0.2) is 6.10 Å². The van der Waals surface area contributed by atoms with Crippen LogP contribution >= 0.6 is 0 Å². The van der Waals surface area contributed by atoms with Crippen LogP contribution in [0.2, 0.25) is 0 Å². The number of ether oxygens (including phenoxy) is 3. The first-order valence-electron chi connectivity index (χ1n) is 32.7. The summed E-state index contributed by atoms with van der Waals surface area (Å²) >= 11 is 0. The summed E-state index contributed by atoms with van der Waals surface area (Å²) in [6, 6.07) is 0. The van der Waals surface area contributed by atoms with Crippen molar-refractivity contribution in [1.29, 1.82) is 0 Å². The van der Waals surface area contributed by atoms with Crippen molar-refractivity contribution >= 4 is 17.9 Å². The molecular weight excluding hydrogens is 973 g/mol. The Morgan fingerprint density at radius 2 is 0.494 bits per heavy atom. The number of hydrogen-bond donors (Lipinski definition) is 0. The summed E-state index contributed by atoms with van der Waals surface area (Å²) in [6.07, 6.45) is 93.0. The zero-order chi connectivity index (χ0) is 57.1. The van der Waals surface area contributed by atoms with E-state index in [1.54, 1.807) is 0 Å². The smallest absolute Gasteiger partial charge is 0.306 e. The Kier molecular flexibility index (Phi) is 62.3. The molecular formula is C73H120O6. The molecule has 0 radical (unpaired) electrons. The molecule has 79 heavy (non-hydrogen) atoms. The summed E-state index contributed by atoms with van der Waals surface area (Å²) in [7, 11) is 0. The molecule has 0 N–H and O–H groups in total. The van der Waals surface area contributed by atoms with Crippen molar-refractivity contribution in [2.45, 2.75) is 297 Å². The van der Waals surface area contributed by atoms with Gasteiger partial charge in [-0.05, 0) is 116 Å². The molecule has 0 rings (SSSR count). The van der Waals surface area contributed by atoms with Gasteiger partial charge in [0.25, 0.3) is 0 Å². The number of allylic oxidation sites excluding steroid dienone is 22. The summed E-state index contributed by atoms with van der Waals surface area (Å²) in [5.74, 6) is -0.935. The third-order valence-electron chi connectivity index (χ3n) is 13.7. The maximum Gasteiger partial charge on any atom is 0.306 e. The van der Waals surface area contributed by atoms with Gasteiger partial charge in [-0.3, -0.25) is 14.4 Å². The normalized spacial score (nSPS) is 13.0. The zero-order valence-corrected chi connectivity index (χ0v) is 51.3. The summed E-state index contributed by atoms with van der Waals surface area (Å²) < 4.78 is 16.9. The molecule has 6 nitrogen and oxygen atoms in total. The number of hydrogen-bond acceptors (Lipinski definition) is 6. The van der Waals surface area contributed by atoms with Gasteiger partial charge in [-0.1, -0.05) is 289 Å². The van der Waals surface area contributed by atoms with E-state index in [1.807, 2.05) is 0 Å². The number of rotatable bonds is 58. The Morgan fingerprint density at radius 3 is 0.772 bits per heavy atom. The minimum atomic E-state index is -0.805. The second-order valence-corrected chi connectivity index (χ2v) is 21.3. The quantitative estimate of drug-likeness (QED) is 0.0261. The predicted octanol–water partition coefficient (Wildman–Crippen LogP) is 22.5. The van der Waals surface area contributed by atoms with E-state index < -0.39 is 6.10 Å². The van der Waals surface area contributed by atoms with Gasteiger partial charge in [-0.2, -0.15) is 0 Å². The van der Waals surface area contributed by atoms with E-state index in [4.69, 9.17) is 14.2 Å². The molecule has 0 heterocycles. The summed E-state index contributed by atoms with van der Waals surface area (Å²) in [5.41, 5.74) is 0. The summed E-state index contributed by atoms with van der Waals surface area (Å²) in [6.45, 7) is 6.40. The average Bonchev–Trinajstić information content (AvgIpc) is 3.45. The van der Waals surface area contributed by atoms with Crippen LogP contribution in [0.15, 0.2) is 134 Å². The number of esters is 3. The number of unbranched alkanes of at least 4 members (excludes halogenated alkanes) is 25. The first-order chi connectivity index (χ1) is 39.0. The highest BCUT2D eigenvalue weighted by Crippen LogP contribution is 2.16. The highest BCUT2D eigenvalue weighted by Gasteiger charge is 2.19. The van der Waals surface area contributed by atoms with Gasteiger partial charge in [-0.25, -0.2) is 0 Å². The lowest BCUT2D eigenvalue weighted by atomic mass is 10.0. The van der Waals surface area contributed by atoms with Crippen molar-refractivity contribution in [2.75, 3.05) is 13.2 Å². The number of carbonyl (C=O) groups is 3. The largest absolute Gasteiger partial charge is 0.462 e. The second kappa shape index (κ2) is 66.1. The fourth-order valence-electron chi connectivity index (χ4n) is 8.83. The van der Waals surface area contributed by atoms with Crippen molar-refractivity contribution in [3.8, 4) is 0 Å². The predicted molar refractivity (Wildman–Crippen MR) is 343 cm³/mol. The van der Waals surface area contributed by atoms with Crippen LogP contribution in [0.3, 0.4) is 0 Å². The SMILES string of the molecule is CC/C=C\C/C=C\C/C=C\C/C=C\C/C=C\C/C=C\CCCCCCC(=O)OCC(COC(=O)CCCCCCCCCCCCCCCCCCC)OC(=O)CCCCCCC/C=C\C/C=C\C/C=C\C/C=C\C/C=C\CC. The molecule has 0 aliphatic heterocycles. The zero-order valence-electron chi connectivity index (χ0n) is 51.3. The van der Waals surface area contributed by atoms with Crippen LogP contribution < -0.4 is 0 Å². The molecule has 0 aromatic carbocycles. The minimum Gasteiger partial charge on any atom is -0.462 e. The molecule has 1 atom stereocenters. The van der Waals surface area contributed by atoms with Gasteiger partial charge in [0.2, 0.25) is 0 Å². The van der Waals surface area contributed by atoms with Gasteiger partial charge in [0.1, 0.15) is 13.2 Å². The van der Waals surface area contributed by atoms with E-state index in [-0.39, 0.29) is 31.1 Å². The van der Waals surface area contributed by atoms with E-state index in [1.165, 1.54) is 89.9 Å². The maximum atomic E-state index is 12.9. The van der Waals surface area contributed by atoms with E-state index in [2.05, 4.69) is 154 Å². The molecule has 1 unspecified atom stereocenters. The Hall–Kier alpha value is -4.45. The second-order valence-electron chi connectivity index (χ2n) is 21.3. The van der Waals surface area contributed by atoms with Gasteiger partial charge in [-0.15, -0.1) is 0 Å². The summed E-state index contributed by atoms with van der Waals surface area (Å²) in [4.78, 5) is 38.4. The molecule has 0 saturated carbocycles. The lowest BCUT2D eigenvalue weighted by Gasteiger charge is -2.18. The fraction of sp³-hybridized carbons (Fsp3) is 0.658. The van der Waals surface area contributed by atoms with Gasteiger partial charge in [0.05, 0.1) is 0 Å². The fourth-order valence-corrected chi connectivity index (χ4v) is 8.83. The Bertz CT molecular complexity index is 1680. The molecule has 0 aromatic heterocycles. The first kappa shape index (κ1) is 74.5. The Morgan fingerprint density at radius 1 is 0.266 bits per heavy atom. The first-order valence-corrected chi connectivity index (χ1v) is 32.7. The molecule has 0 aliphatic rings. The topological polar surface area (TPSA) is 78.9 Å². The van der Waals surface area contributed by atoms with Crippen LogP contribution in [0.1, 0.15) is 290 Å². The van der Waals surface area contributed by atoms with Crippen molar-refractivity contribution < 1.29 is 28.6 Å². The molecule has 6 heteroatoms. The molecule has 448 valence electrons. The Balaban J connectivity index is 4.49. The molecule has 0 bridgehead atoms. The molecule has 0 aliphatic carbocycles. The highest BCUT2D eigenvalue weighted by molar-refractivity contribution is 5.71. The standard InChI is InChI=1S/C73H120O6/c1-4-7-10-13-16-19-22-25-28-31-33-35-36-38-39-42-45-48-51-54-57-60-63-66-72(75)78-69-70(68-77-71(74)65-62-59-56-53-50-47-44-41-30-27-24-21-18-15-12-9-6-3)79-73(76)67-64-61-58-55-52-49-46-43-40-37-34-32-29-26-23-20-17-14-11-8-5-2/h7-8,10-11,16-17,19-20,25-26,28-29,33-35,37-39,43,45-46,48,70H,4-6,9,12-15,18,21-24,27,30-32,36,40-42,44,47,49-69H2,1-3H3/b10-7-,11-8-,19-16-,20-17-,28-25-,29-26-,35-33-,37-34-,39-38-,46-43-,48-45-.